The largest absolute Gasteiger partial charge is 0.416 e. The van der Waals surface area contributed by atoms with Gasteiger partial charge in [0.05, 0.1) is 29.1 Å². The fourth-order valence-electron chi connectivity index (χ4n) is 3.66. The highest BCUT2D eigenvalue weighted by atomic mass is 19.4. The summed E-state index contributed by atoms with van der Waals surface area (Å²) in [7, 11) is 0. The van der Waals surface area contributed by atoms with Gasteiger partial charge in [-0.25, -0.2) is 9.50 Å². The van der Waals surface area contributed by atoms with Crippen molar-refractivity contribution in [1.29, 1.82) is 0 Å². The number of aromatic nitrogens is 5. The number of carbonyl (C=O) groups is 1. The fraction of sp³-hybridized carbons (Fsp3) is 0.200. The first kappa shape index (κ1) is 18.3. The summed E-state index contributed by atoms with van der Waals surface area (Å²) in [5.74, 6) is -0.340. The van der Waals surface area contributed by atoms with Crippen molar-refractivity contribution in [3.63, 3.8) is 0 Å². The van der Waals surface area contributed by atoms with E-state index in [1.165, 1.54) is 17.0 Å². The molecule has 4 aromatic rings. The van der Waals surface area contributed by atoms with E-state index in [0.29, 0.717) is 34.8 Å². The number of benzene rings is 1. The lowest BCUT2D eigenvalue weighted by Gasteiger charge is -2.32. The lowest BCUT2D eigenvalue weighted by atomic mass is 10.1. The molecule has 0 radical (unpaired) electrons. The number of hydrogen-bond acceptors (Lipinski definition) is 4. The van der Waals surface area contributed by atoms with E-state index in [-0.39, 0.29) is 11.9 Å². The molecule has 7 nitrogen and oxygen atoms in total. The molecule has 10 heteroatoms. The Morgan fingerprint density at radius 3 is 2.60 bits per heavy atom. The van der Waals surface area contributed by atoms with Crippen LogP contribution < -0.4 is 4.90 Å². The molecule has 1 aliphatic heterocycles. The first-order valence-corrected chi connectivity index (χ1v) is 9.20. The van der Waals surface area contributed by atoms with Crippen LogP contribution in [0.5, 0.6) is 0 Å². The molecule has 0 bridgehead atoms. The SMILES string of the molecule is C[C@H]1CN(c2ccc(C(F)(F)F)cc2)C(=O)c2c(-c3ccc4nccn4n3)cnn21. The highest BCUT2D eigenvalue weighted by Gasteiger charge is 2.35. The number of fused-ring (bicyclic) bond motifs is 2. The molecule has 1 aromatic carbocycles. The smallest absolute Gasteiger partial charge is 0.305 e. The molecular formula is C20H15F3N6O. The second-order valence-corrected chi connectivity index (χ2v) is 7.11. The van der Waals surface area contributed by atoms with Gasteiger partial charge in [0, 0.05) is 24.6 Å². The Balaban J connectivity index is 1.56. The Morgan fingerprint density at radius 2 is 1.87 bits per heavy atom. The van der Waals surface area contributed by atoms with Gasteiger partial charge in [-0.15, -0.1) is 0 Å². The molecule has 5 rings (SSSR count). The van der Waals surface area contributed by atoms with E-state index in [9.17, 15) is 18.0 Å². The molecule has 1 amide bonds. The average molecular weight is 412 g/mol. The average Bonchev–Trinajstić information content (AvgIpc) is 3.37. The van der Waals surface area contributed by atoms with E-state index in [2.05, 4.69) is 15.2 Å². The third-order valence-electron chi connectivity index (χ3n) is 5.14. The maximum atomic E-state index is 13.3. The molecular weight excluding hydrogens is 397 g/mol. The summed E-state index contributed by atoms with van der Waals surface area (Å²) < 4.78 is 41.9. The molecule has 4 heterocycles. The van der Waals surface area contributed by atoms with Gasteiger partial charge >= 0.3 is 6.18 Å². The van der Waals surface area contributed by atoms with Crippen molar-refractivity contribution in [3.05, 3.63) is 66.2 Å². The normalized spacial score (nSPS) is 16.9. The molecule has 0 saturated heterocycles. The van der Waals surface area contributed by atoms with Crippen LogP contribution in [0.15, 0.2) is 55.0 Å². The zero-order valence-electron chi connectivity index (χ0n) is 15.7. The summed E-state index contributed by atoms with van der Waals surface area (Å²) >= 11 is 0. The predicted octanol–water partition coefficient (Wildman–Crippen LogP) is 3.83. The van der Waals surface area contributed by atoms with Crippen LogP contribution in [0, 0.1) is 0 Å². The molecule has 0 aliphatic carbocycles. The van der Waals surface area contributed by atoms with Crippen LogP contribution in [0.3, 0.4) is 0 Å². The maximum absolute atomic E-state index is 13.3. The molecule has 1 atom stereocenters. The number of carbonyl (C=O) groups excluding carboxylic acids is 1. The first-order valence-electron chi connectivity index (χ1n) is 9.20. The van der Waals surface area contributed by atoms with Crippen LogP contribution in [0.25, 0.3) is 16.9 Å². The van der Waals surface area contributed by atoms with Crippen molar-refractivity contribution in [3.8, 4) is 11.3 Å². The number of imidazole rings is 1. The fourth-order valence-corrected chi connectivity index (χ4v) is 3.66. The van der Waals surface area contributed by atoms with E-state index in [4.69, 9.17) is 0 Å². The Kier molecular flexibility index (Phi) is 3.92. The number of hydrogen-bond donors (Lipinski definition) is 0. The minimum Gasteiger partial charge on any atom is -0.305 e. The van der Waals surface area contributed by atoms with Gasteiger partial charge in [0.1, 0.15) is 5.69 Å². The molecule has 3 aromatic heterocycles. The van der Waals surface area contributed by atoms with Gasteiger partial charge in [0.2, 0.25) is 0 Å². The lowest BCUT2D eigenvalue weighted by Crippen LogP contribution is -2.42. The molecule has 152 valence electrons. The number of halogens is 3. The van der Waals surface area contributed by atoms with Crippen LogP contribution >= 0.6 is 0 Å². The zero-order chi connectivity index (χ0) is 21.0. The van der Waals surface area contributed by atoms with Crippen molar-refractivity contribution < 1.29 is 18.0 Å². The minimum absolute atomic E-state index is 0.161. The summed E-state index contributed by atoms with van der Waals surface area (Å²) in [6.07, 6.45) is 0.485. The summed E-state index contributed by atoms with van der Waals surface area (Å²) in [6.45, 7) is 2.20. The maximum Gasteiger partial charge on any atom is 0.416 e. The van der Waals surface area contributed by atoms with Gasteiger partial charge in [-0.2, -0.15) is 23.4 Å². The third kappa shape index (κ3) is 2.83. The topological polar surface area (TPSA) is 68.3 Å². The van der Waals surface area contributed by atoms with Crippen LogP contribution in [0.4, 0.5) is 18.9 Å². The molecule has 0 fully saturated rings. The Hall–Kier alpha value is -3.69. The monoisotopic (exact) mass is 412 g/mol. The zero-order valence-corrected chi connectivity index (χ0v) is 15.7. The number of nitrogens with zero attached hydrogens (tertiary/aromatic N) is 6. The summed E-state index contributed by atoms with van der Waals surface area (Å²) in [5.41, 5.74) is 1.77. The van der Waals surface area contributed by atoms with Crippen LogP contribution in [-0.4, -0.2) is 36.8 Å². The van der Waals surface area contributed by atoms with Gasteiger partial charge in [-0.1, -0.05) is 0 Å². The van der Waals surface area contributed by atoms with Gasteiger partial charge < -0.3 is 4.90 Å². The minimum atomic E-state index is -4.43. The van der Waals surface area contributed by atoms with Crippen LogP contribution in [0.2, 0.25) is 0 Å². The van der Waals surface area contributed by atoms with Crippen molar-refractivity contribution in [2.75, 3.05) is 11.4 Å². The van der Waals surface area contributed by atoms with Crippen molar-refractivity contribution in [1.82, 2.24) is 24.4 Å². The summed E-state index contributed by atoms with van der Waals surface area (Å²) in [5, 5.41) is 8.85. The lowest BCUT2D eigenvalue weighted by molar-refractivity contribution is -0.137. The van der Waals surface area contributed by atoms with Crippen molar-refractivity contribution in [2.45, 2.75) is 19.1 Å². The highest BCUT2D eigenvalue weighted by Crippen LogP contribution is 2.34. The second kappa shape index (κ2) is 6.41. The van der Waals surface area contributed by atoms with Crippen molar-refractivity contribution >= 4 is 17.2 Å². The van der Waals surface area contributed by atoms with E-state index < -0.39 is 11.7 Å². The number of amides is 1. The highest BCUT2D eigenvalue weighted by molar-refractivity contribution is 6.09. The van der Waals surface area contributed by atoms with E-state index in [1.807, 2.05) is 6.92 Å². The Bertz CT molecular complexity index is 1260. The van der Waals surface area contributed by atoms with E-state index in [1.54, 1.807) is 39.9 Å². The van der Waals surface area contributed by atoms with Gasteiger partial charge in [0.15, 0.2) is 5.65 Å². The number of alkyl halides is 3. The molecule has 0 N–H and O–H groups in total. The first-order chi connectivity index (χ1) is 14.3. The van der Waals surface area contributed by atoms with Crippen LogP contribution in [-0.2, 0) is 6.18 Å². The standard InChI is InChI=1S/C20H15F3N6O/c1-12-11-27(14-4-2-13(3-5-14)20(21,22)23)19(30)18-15(10-25-29(12)18)16-6-7-17-24-8-9-28(17)26-16/h2-10,12H,11H2,1H3/t12-/m0/s1. The predicted molar refractivity (Wildman–Crippen MR) is 102 cm³/mol. The second-order valence-electron chi connectivity index (χ2n) is 7.11. The van der Waals surface area contributed by atoms with Gasteiger partial charge in [-0.3, -0.25) is 9.48 Å². The summed E-state index contributed by atoms with van der Waals surface area (Å²) in [4.78, 5) is 18.9. The molecule has 0 saturated carbocycles. The van der Waals surface area contributed by atoms with Crippen molar-refractivity contribution in [2.24, 2.45) is 0 Å². The Morgan fingerprint density at radius 1 is 1.10 bits per heavy atom. The summed E-state index contributed by atoms with van der Waals surface area (Å²) in [6, 6.07) is 7.98. The molecule has 1 aliphatic rings. The van der Waals surface area contributed by atoms with Crippen LogP contribution in [0.1, 0.15) is 29.0 Å². The number of rotatable bonds is 2. The van der Waals surface area contributed by atoms with Gasteiger partial charge in [0.25, 0.3) is 5.91 Å². The quantitative estimate of drug-likeness (QED) is 0.502. The Labute approximate surface area is 168 Å². The van der Waals surface area contributed by atoms with E-state index in [0.717, 1.165) is 12.1 Å². The third-order valence-corrected chi connectivity index (χ3v) is 5.14. The number of anilines is 1. The van der Waals surface area contributed by atoms with E-state index >= 15 is 0 Å². The molecule has 0 unspecified atom stereocenters. The molecule has 0 spiro atoms. The molecule has 30 heavy (non-hydrogen) atoms. The van der Waals surface area contributed by atoms with Gasteiger partial charge in [-0.05, 0) is 43.3 Å².